The van der Waals surface area contributed by atoms with E-state index < -0.39 is 0 Å². The minimum absolute atomic E-state index is 0.252. The molecule has 386 valence electrons. The Morgan fingerprint density at radius 1 is 0.263 bits per heavy atom. The lowest BCUT2D eigenvalue weighted by atomic mass is 9.81. The van der Waals surface area contributed by atoms with Gasteiger partial charge in [-0.3, -0.25) is 0 Å². The average molecular weight is 1040 g/mol. The van der Waals surface area contributed by atoms with E-state index in [2.05, 4.69) is 256 Å². The molecule has 0 heterocycles. The van der Waals surface area contributed by atoms with Crippen molar-refractivity contribution in [2.24, 2.45) is 0 Å². The molecule has 80 heavy (non-hydrogen) atoms. The molecule has 2 aliphatic carbocycles. The first-order chi connectivity index (χ1) is 38.9. The van der Waals surface area contributed by atoms with Gasteiger partial charge in [-0.05, 0) is 186 Å². The normalized spacial score (nSPS) is 13.5. The van der Waals surface area contributed by atoms with Crippen LogP contribution in [0.5, 0.6) is 0 Å². The highest BCUT2D eigenvalue weighted by Crippen LogP contribution is 2.53. The van der Waals surface area contributed by atoms with Gasteiger partial charge in [-0.2, -0.15) is 0 Å². The molecule has 0 saturated heterocycles. The number of hydrogen-bond donors (Lipinski definition) is 0. The van der Waals surface area contributed by atoms with Gasteiger partial charge in [0.15, 0.2) is 0 Å². The highest BCUT2D eigenvalue weighted by atomic mass is 19.1. The summed E-state index contributed by atoms with van der Waals surface area (Å²) in [7, 11) is 0. The number of fused-ring (bicyclic) bond motifs is 6. The van der Waals surface area contributed by atoms with E-state index in [4.69, 9.17) is 0 Å². The van der Waals surface area contributed by atoms with Gasteiger partial charge in [0.25, 0.3) is 0 Å². The zero-order valence-electron chi connectivity index (χ0n) is 45.2. The number of rotatable bonds is 12. The Kier molecular flexibility index (Phi) is 12.7. The molecule has 2 nitrogen and oxygen atoms in total. The Bertz CT molecular complexity index is 3870. The van der Waals surface area contributed by atoms with Crippen LogP contribution >= 0.6 is 0 Å². The van der Waals surface area contributed by atoms with Crippen LogP contribution < -0.4 is 9.80 Å². The minimum Gasteiger partial charge on any atom is -0.310 e. The molecule has 0 amide bonds. The van der Waals surface area contributed by atoms with Crippen molar-refractivity contribution in [3.05, 3.63) is 311 Å². The molecule has 0 atom stereocenters. The highest BCUT2D eigenvalue weighted by Gasteiger charge is 2.38. The Labute approximate surface area is 468 Å². The molecule has 0 radical (unpaired) electrons. The minimum atomic E-state index is -0.260. The predicted octanol–water partition coefficient (Wildman–Crippen LogP) is 21.2. The second kappa shape index (κ2) is 20.3. The van der Waals surface area contributed by atoms with Crippen molar-refractivity contribution >= 4 is 58.4 Å². The van der Waals surface area contributed by atoms with Crippen molar-refractivity contribution in [3.63, 3.8) is 0 Å². The number of nitrogens with zero attached hydrogens (tertiary/aromatic N) is 2. The largest absolute Gasteiger partial charge is 0.310 e. The lowest BCUT2D eigenvalue weighted by molar-refractivity contribution is 0.627. The molecular weight excluding hydrogens is 979 g/mol. The molecule has 4 heteroatoms. The molecule has 0 unspecified atom stereocenters. The first-order valence-electron chi connectivity index (χ1n) is 27.4. The van der Waals surface area contributed by atoms with Crippen molar-refractivity contribution in [3.8, 4) is 44.5 Å². The predicted molar refractivity (Wildman–Crippen MR) is 332 cm³/mol. The number of halogens is 2. The topological polar surface area (TPSA) is 6.48 Å². The summed E-state index contributed by atoms with van der Waals surface area (Å²) >= 11 is 0. The third-order valence-electron chi connectivity index (χ3n) is 16.4. The molecule has 0 aliphatic heterocycles. The van der Waals surface area contributed by atoms with Gasteiger partial charge < -0.3 is 9.80 Å². The molecule has 0 fully saturated rings. The van der Waals surface area contributed by atoms with Crippen LogP contribution in [-0.2, 0) is 10.8 Å². The third-order valence-corrected chi connectivity index (χ3v) is 16.4. The first-order valence-corrected chi connectivity index (χ1v) is 27.4. The van der Waals surface area contributed by atoms with Crippen LogP contribution in [0.25, 0.3) is 68.8 Å². The molecule has 0 aromatic heterocycles. The lowest BCUT2D eigenvalue weighted by Gasteiger charge is -2.28. The van der Waals surface area contributed by atoms with Crippen molar-refractivity contribution in [2.75, 3.05) is 9.80 Å². The van der Waals surface area contributed by atoms with Gasteiger partial charge in [-0.25, -0.2) is 8.78 Å². The Balaban J connectivity index is 0.708. The first kappa shape index (κ1) is 49.9. The number of benzene rings is 11. The van der Waals surface area contributed by atoms with Crippen LogP contribution in [0.1, 0.15) is 72.2 Å². The second-order valence-corrected chi connectivity index (χ2v) is 22.1. The SMILES string of the molecule is CC1(C)c2cc(C=Cc3ccc(C=Cc4ccc5c(c4)C(C)(C)c4cc(N(c6ccc(F)cc6)c6ccc(-c7ccccc7)cc6)ccc4-5)cc3)ccc2-c2ccc(N(c3ccc(F)cc3)c3ccc(-c4ccccc4)cc3)cc21. The van der Waals surface area contributed by atoms with Crippen LogP contribution in [0.2, 0.25) is 0 Å². The van der Waals surface area contributed by atoms with Crippen LogP contribution in [0.4, 0.5) is 42.9 Å². The monoisotopic (exact) mass is 1040 g/mol. The van der Waals surface area contributed by atoms with E-state index in [9.17, 15) is 8.78 Å². The number of hydrogen-bond acceptors (Lipinski definition) is 2. The van der Waals surface area contributed by atoms with Crippen LogP contribution in [-0.4, -0.2) is 0 Å². The zero-order chi connectivity index (χ0) is 54.5. The smallest absolute Gasteiger partial charge is 0.123 e. The summed E-state index contributed by atoms with van der Waals surface area (Å²) in [5.74, 6) is -0.519. The Hall–Kier alpha value is -9.64. The summed E-state index contributed by atoms with van der Waals surface area (Å²) in [4.78, 5) is 4.43. The molecular formula is C76H58F2N2. The summed E-state index contributed by atoms with van der Waals surface area (Å²) in [5, 5.41) is 0. The van der Waals surface area contributed by atoms with Crippen molar-refractivity contribution in [1.29, 1.82) is 0 Å². The fourth-order valence-corrected chi connectivity index (χ4v) is 12.0. The fourth-order valence-electron chi connectivity index (χ4n) is 12.0. The van der Waals surface area contributed by atoms with Crippen molar-refractivity contribution in [1.82, 2.24) is 0 Å². The van der Waals surface area contributed by atoms with E-state index in [1.165, 1.54) is 68.8 Å². The molecule has 11 aromatic carbocycles. The summed E-state index contributed by atoms with van der Waals surface area (Å²) in [6, 6.07) is 87.4. The average Bonchev–Trinajstić information content (AvgIpc) is 3.96. The Morgan fingerprint density at radius 3 is 0.875 bits per heavy atom. The second-order valence-electron chi connectivity index (χ2n) is 22.1. The van der Waals surface area contributed by atoms with Gasteiger partial charge in [0.2, 0.25) is 0 Å². The molecule has 0 N–H and O–H groups in total. The molecule has 13 rings (SSSR count). The van der Waals surface area contributed by atoms with Crippen molar-refractivity contribution in [2.45, 2.75) is 38.5 Å². The Morgan fingerprint density at radius 2 is 0.525 bits per heavy atom. The van der Waals surface area contributed by atoms with E-state index in [0.717, 1.165) is 78.6 Å². The van der Waals surface area contributed by atoms with Crippen LogP contribution in [0.3, 0.4) is 0 Å². The maximum absolute atomic E-state index is 14.3. The maximum atomic E-state index is 14.3. The zero-order valence-corrected chi connectivity index (χ0v) is 45.2. The summed E-state index contributed by atoms with van der Waals surface area (Å²) < 4.78 is 28.6. The quantitative estimate of drug-likeness (QED) is 0.113. The summed E-state index contributed by atoms with van der Waals surface area (Å²) in [6.07, 6.45) is 8.81. The molecule has 0 bridgehead atoms. The van der Waals surface area contributed by atoms with Crippen LogP contribution in [0, 0.1) is 11.6 Å². The van der Waals surface area contributed by atoms with E-state index >= 15 is 0 Å². The molecule has 11 aromatic rings. The summed E-state index contributed by atoms with van der Waals surface area (Å²) in [6.45, 7) is 9.26. The van der Waals surface area contributed by atoms with Gasteiger partial charge in [0.1, 0.15) is 11.6 Å². The van der Waals surface area contributed by atoms with Gasteiger partial charge in [0, 0.05) is 45.0 Å². The van der Waals surface area contributed by atoms with Gasteiger partial charge in [-0.1, -0.05) is 210 Å². The number of anilines is 6. The van der Waals surface area contributed by atoms with Crippen molar-refractivity contribution < 1.29 is 8.78 Å². The molecule has 0 saturated carbocycles. The maximum Gasteiger partial charge on any atom is 0.123 e. The van der Waals surface area contributed by atoms with Crippen LogP contribution in [0.15, 0.2) is 255 Å². The molecule has 0 spiro atoms. The van der Waals surface area contributed by atoms with Gasteiger partial charge >= 0.3 is 0 Å². The highest BCUT2D eigenvalue weighted by molar-refractivity contribution is 5.89. The van der Waals surface area contributed by atoms with Gasteiger partial charge in [0.05, 0.1) is 0 Å². The van der Waals surface area contributed by atoms with E-state index in [-0.39, 0.29) is 22.5 Å². The standard InChI is InChI=1S/C76H58F2N2/c1-75(2)71-47-53(23-43-67(71)69-45-41-65(49-73(69)75)79(63-37-29-59(77)30-38-63)61-33-25-57(26-34-61)55-11-7-5-8-12-55)21-19-51-15-17-52(18-16-51)20-22-54-24-44-68-70-46-42-66(50-74(70)76(3,4)72(68)48-54)80(64-39-31-60(78)32-40-64)62-35-27-58(28-36-62)56-13-9-6-10-14-56/h5-50H,1-4H3. The fraction of sp³-hybridized carbons (Fsp3) is 0.0789. The van der Waals surface area contributed by atoms with Gasteiger partial charge in [-0.15, -0.1) is 0 Å². The molecule has 2 aliphatic rings. The van der Waals surface area contributed by atoms with E-state index in [1.807, 2.05) is 36.4 Å². The summed E-state index contributed by atoms with van der Waals surface area (Å²) in [5.41, 5.74) is 24.6. The third kappa shape index (κ3) is 9.33. The van der Waals surface area contributed by atoms with E-state index in [1.54, 1.807) is 0 Å². The van der Waals surface area contributed by atoms with E-state index in [0.29, 0.717) is 0 Å². The lowest BCUT2D eigenvalue weighted by Crippen LogP contribution is -2.16.